The molecule has 3 rings (SSSR count). The Kier molecular flexibility index (Phi) is 4.37. The summed E-state index contributed by atoms with van der Waals surface area (Å²) in [5.74, 6) is 0.790. The molecule has 108 valence electrons. The largest absolute Gasteiger partial charge is 0.307 e. The van der Waals surface area contributed by atoms with E-state index in [1.165, 1.54) is 42.4 Å². The summed E-state index contributed by atoms with van der Waals surface area (Å²) in [5.41, 5.74) is 2.44. The first-order valence-electron chi connectivity index (χ1n) is 7.83. The molecule has 1 fully saturated rings. The fourth-order valence-corrected chi connectivity index (χ4v) is 4.05. The van der Waals surface area contributed by atoms with Crippen LogP contribution in [0.5, 0.6) is 0 Å². The SMILES string of the molecule is CC(NC1CCCCCC1C)c1cnc2ccsc2c1. The second-order valence-corrected chi connectivity index (χ2v) is 7.13. The summed E-state index contributed by atoms with van der Waals surface area (Å²) in [6.07, 6.45) is 8.90. The minimum Gasteiger partial charge on any atom is -0.307 e. The van der Waals surface area contributed by atoms with Gasteiger partial charge in [-0.25, -0.2) is 0 Å². The first-order chi connectivity index (χ1) is 9.74. The number of nitrogens with zero attached hydrogens (tertiary/aromatic N) is 1. The Morgan fingerprint density at radius 1 is 1.30 bits per heavy atom. The molecule has 1 saturated carbocycles. The van der Waals surface area contributed by atoms with Gasteiger partial charge in [0.1, 0.15) is 0 Å². The van der Waals surface area contributed by atoms with Crippen molar-refractivity contribution < 1.29 is 0 Å². The van der Waals surface area contributed by atoms with Crippen LogP contribution in [0.4, 0.5) is 0 Å². The van der Waals surface area contributed by atoms with Gasteiger partial charge in [-0.2, -0.15) is 0 Å². The molecule has 0 aliphatic heterocycles. The zero-order valence-corrected chi connectivity index (χ0v) is 13.2. The summed E-state index contributed by atoms with van der Waals surface area (Å²) in [6, 6.07) is 5.44. The number of nitrogens with one attached hydrogen (secondary N) is 1. The molecule has 1 N–H and O–H groups in total. The van der Waals surface area contributed by atoms with E-state index in [-0.39, 0.29) is 0 Å². The van der Waals surface area contributed by atoms with E-state index in [0.29, 0.717) is 12.1 Å². The third-order valence-electron chi connectivity index (χ3n) is 4.65. The smallest absolute Gasteiger partial charge is 0.0809 e. The van der Waals surface area contributed by atoms with E-state index in [2.05, 4.69) is 41.7 Å². The molecule has 3 atom stereocenters. The van der Waals surface area contributed by atoms with Gasteiger partial charge in [0.15, 0.2) is 0 Å². The topological polar surface area (TPSA) is 24.9 Å². The number of thiophene rings is 1. The fraction of sp³-hybridized carbons (Fsp3) is 0.588. The highest BCUT2D eigenvalue weighted by Crippen LogP contribution is 2.27. The molecule has 2 aromatic rings. The minimum absolute atomic E-state index is 0.388. The van der Waals surface area contributed by atoms with Gasteiger partial charge in [0.25, 0.3) is 0 Å². The molecule has 0 radical (unpaired) electrons. The van der Waals surface area contributed by atoms with Gasteiger partial charge in [-0.3, -0.25) is 4.98 Å². The summed E-state index contributed by atoms with van der Waals surface area (Å²) in [6.45, 7) is 4.67. The third-order valence-corrected chi connectivity index (χ3v) is 5.50. The van der Waals surface area contributed by atoms with Gasteiger partial charge in [0, 0.05) is 18.3 Å². The Morgan fingerprint density at radius 2 is 2.15 bits per heavy atom. The van der Waals surface area contributed by atoms with Crippen LogP contribution in [-0.2, 0) is 0 Å². The molecule has 0 aromatic carbocycles. The monoisotopic (exact) mass is 288 g/mol. The molecule has 1 aliphatic rings. The van der Waals surface area contributed by atoms with Crippen LogP contribution in [0.1, 0.15) is 57.6 Å². The highest BCUT2D eigenvalue weighted by Gasteiger charge is 2.21. The van der Waals surface area contributed by atoms with E-state index in [0.717, 1.165) is 11.4 Å². The Morgan fingerprint density at radius 3 is 3.05 bits per heavy atom. The van der Waals surface area contributed by atoms with Gasteiger partial charge in [-0.1, -0.05) is 26.2 Å². The van der Waals surface area contributed by atoms with Crippen LogP contribution in [0.2, 0.25) is 0 Å². The van der Waals surface area contributed by atoms with Crippen LogP contribution < -0.4 is 5.32 Å². The maximum absolute atomic E-state index is 4.56. The van der Waals surface area contributed by atoms with Crippen molar-refractivity contribution >= 4 is 21.6 Å². The maximum atomic E-state index is 4.56. The number of pyridine rings is 1. The van der Waals surface area contributed by atoms with Crippen molar-refractivity contribution in [3.63, 3.8) is 0 Å². The zero-order chi connectivity index (χ0) is 13.9. The summed E-state index contributed by atoms with van der Waals surface area (Å²) < 4.78 is 1.30. The Bertz CT molecular complexity index is 563. The average Bonchev–Trinajstić information content (AvgIpc) is 2.83. The lowest BCUT2D eigenvalue weighted by atomic mass is 9.95. The first-order valence-corrected chi connectivity index (χ1v) is 8.71. The Balaban J connectivity index is 1.72. The van der Waals surface area contributed by atoms with Gasteiger partial charge in [0.2, 0.25) is 0 Å². The molecular formula is C17H24N2S. The highest BCUT2D eigenvalue weighted by atomic mass is 32.1. The van der Waals surface area contributed by atoms with Crippen LogP contribution in [0, 0.1) is 5.92 Å². The summed E-state index contributed by atoms with van der Waals surface area (Å²) in [7, 11) is 0. The molecule has 3 unspecified atom stereocenters. The van der Waals surface area contributed by atoms with Gasteiger partial charge >= 0.3 is 0 Å². The molecule has 2 heterocycles. The van der Waals surface area contributed by atoms with Gasteiger partial charge < -0.3 is 5.32 Å². The molecule has 1 aliphatic carbocycles. The van der Waals surface area contributed by atoms with Crippen molar-refractivity contribution in [2.45, 2.75) is 58.0 Å². The molecule has 2 aromatic heterocycles. The van der Waals surface area contributed by atoms with E-state index < -0.39 is 0 Å². The Hall–Kier alpha value is -0.930. The van der Waals surface area contributed by atoms with Crippen LogP contribution in [0.15, 0.2) is 23.7 Å². The van der Waals surface area contributed by atoms with E-state index >= 15 is 0 Å². The van der Waals surface area contributed by atoms with Gasteiger partial charge in [0.05, 0.1) is 10.2 Å². The van der Waals surface area contributed by atoms with Crippen LogP contribution >= 0.6 is 11.3 Å². The fourth-order valence-electron chi connectivity index (χ4n) is 3.26. The summed E-state index contributed by atoms with van der Waals surface area (Å²) in [5, 5.41) is 5.96. The van der Waals surface area contributed by atoms with Gasteiger partial charge in [-0.15, -0.1) is 11.3 Å². The average molecular weight is 288 g/mol. The molecular weight excluding hydrogens is 264 g/mol. The number of rotatable bonds is 3. The molecule has 20 heavy (non-hydrogen) atoms. The molecule has 0 amide bonds. The van der Waals surface area contributed by atoms with Crippen LogP contribution in [-0.4, -0.2) is 11.0 Å². The van der Waals surface area contributed by atoms with E-state index in [1.807, 2.05) is 6.20 Å². The molecule has 0 saturated heterocycles. The van der Waals surface area contributed by atoms with Crippen molar-refractivity contribution in [3.8, 4) is 0 Å². The van der Waals surface area contributed by atoms with Crippen LogP contribution in [0.25, 0.3) is 10.2 Å². The normalized spacial score (nSPS) is 25.5. The van der Waals surface area contributed by atoms with Crippen molar-refractivity contribution in [1.82, 2.24) is 10.3 Å². The van der Waals surface area contributed by atoms with E-state index in [9.17, 15) is 0 Å². The molecule has 0 bridgehead atoms. The lowest BCUT2D eigenvalue weighted by Gasteiger charge is -2.27. The minimum atomic E-state index is 0.388. The summed E-state index contributed by atoms with van der Waals surface area (Å²) >= 11 is 1.78. The first kappa shape index (κ1) is 14.0. The molecule has 3 heteroatoms. The molecule has 2 nitrogen and oxygen atoms in total. The molecule has 0 spiro atoms. The zero-order valence-electron chi connectivity index (χ0n) is 12.4. The van der Waals surface area contributed by atoms with Crippen molar-refractivity contribution in [1.29, 1.82) is 0 Å². The van der Waals surface area contributed by atoms with Gasteiger partial charge in [-0.05, 0) is 48.8 Å². The number of hydrogen-bond donors (Lipinski definition) is 1. The standard InChI is InChI=1S/C17H24N2S/c1-12-6-4-3-5-7-15(12)19-13(2)14-10-17-16(18-11-14)8-9-20-17/h8-13,15,19H,3-7H2,1-2H3. The van der Waals surface area contributed by atoms with Crippen molar-refractivity contribution in [2.75, 3.05) is 0 Å². The number of aromatic nitrogens is 1. The lowest BCUT2D eigenvalue weighted by molar-refractivity contribution is 0.330. The number of fused-ring (bicyclic) bond motifs is 1. The Labute approximate surface area is 125 Å². The second-order valence-electron chi connectivity index (χ2n) is 6.18. The maximum Gasteiger partial charge on any atom is 0.0809 e. The predicted octanol–water partition coefficient (Wildman–Crippen LogP) is 4.92. The third kappa shape index (κ3) is 3.04. The van der Waals surface area contributed by atoms with E-state index in [4.69, 9.17) is 0 Å². The number of hydrogen-bond acceptors (Lipinski definition) is 3. The van der Waals surface area contributed by atoms with E-state index in [1.54, 1.807) is 11.3 Å². The van der Waals surface area contributed by atoms with Crippen LogP contribution in [0.3, 0.4) is 0 Å². The highest BCUT2D eigenvalue weighted by molar-refractivity contribution is 7.17. The van der Waals surface area contributed by atoms with Crippen molar-refractivity contribution in [2.24, 2.45) is 5.92 Å². The lowest BCUT2D eigenvalue weighted by Crippen LogP contribution is -2.36. The van der Waals surface area contributed by atoms with Crippen molar-refractivity contribution in [3.05, 3.63) is 29.3 Å². The quantitative estimate of drug-likeness (QED) is 0.811. The predicted molar refractivity (Wildman–Crippen MR) is 87.2 cm³/mol. The second kappa shape index (κ2) is 6.23. The summed E-state index contributed by atoms with van der Waals surface area (Å²) in [4.78, 5) is 4.56.